The SMILES string of the molecule is C[C@@H](OC[C@H]1CCCO1)C(=O)NS(=O)(=O)CCc1ccccc1. The Morgan fingerprint density at radius 2 is 2.13 bits per heavy atom. The first-order valence-electron chi connectivity index (χ1n) is 7.78. The molecule has 0 spiro atoms. The molecule has 1 aliphatic heterocycles. The summed E-state index contributed by atoms with van der Waals surface area (Å²) < 4.78 is 36.8. The topological polar surface area (TPSA) is 81.7 Å². The van der Waals surface area contributed by atoms with Crippen LogP contribution in [0.5, 0.6) is 0 Å². The van der Waals surface area contributed by atoms with Crippen molar-refractivity contribution < 1.29 is 22.7 Å². The first kappa shape index (κ1) is 17.9. The highest BCUT2D eigenvalue weighted by molar-refractivity contribution is 7.90. The average Bonchev–Trinajstić information content (AvgIpc) is 3.05. The molecule has 1 aromatic carbocycles. The Labute approximate surface area is 137 Å². The van der Waals surface area contributed by atoms with Crippen LogP contribution in [0.4, 0.5) is 0 Å². The monoisotopic (exact) mass is 341 g/mol. The molecule has 1 aromatic rings. The van der Waals surface area contributed by atoms with Crippen molar-refractivity contribution in [3.8, 4) is 0 Å². The van der Waals surface area contributed by atoms with E-state index in [1.54, 1.807) is 0 Å². The average molecular weight is 341 g/mol. The molecule has 0 unspecified atom stereocenters. The van der Waals surface area contributed by atoms with Gasteiger partial charge in [0.25, 0.3) is 5.91 Å². The molecule has 2 rings (SSSR count). The Morgan fingerprint density at radius 3 is 2.78 bits per heavy atom. The van der Waals surface area contributed by atoms with E-state index < -0.39 is 22.0 Å². The van der Waals surface area contributed by atoms with Crippen molar-refractivity contribution in [3.63, 3.8) is 0 Å². The molecule has 1 aliphatic rings. The van der Waals surface area contributed by atoms with Crippen LogP contribution in [0.3, 0.4) is 0 Å². The quantitative estimate of drug-likeness (QED) is 0.770. The highest BCUT2D eigenvalue weighted by atomic mass is 32.2. The minimum absolute atomic E-state index is 0.0000576. The van der Waals surface area contributed by atoms with Gasteiger partial charge in [0, 0.05) is 6.61 Å². The van der Waals surface area contributed by atoms with E-state index in [0.717, 1.165) is 18.4 Å². The summed E-state index contributed by atoms with van der Waals surface area (Å²) in [6.45, 7) is 2.55. The van der Waals surface area contributed by atoms with Crippen LogP contribution in [0.1, 0.15) is 25.3 Å². The molecule has 0 bridgehead atoms. The molecule has 1 amide bonds. The minimum Gasteiger partial charge on any atom is -0.376 e. The fourth-order valence-corrected chi connectivity index (χ4v) is 3.37. The molecule has 2 atom stereocenters. The van der Waals surface area contributed by atoms with E-state index in [4.69, 9.17) is 9.47 Å². The number of aryl methyl sites for hydroxylation is 1. The Bertz CT molecular complexity index is 596. The van der Waals surface area contributed by atoms with Gasteiger partial charge in [0.15, 0.2) is 0 Å². The van der Waals surface area contributed by atoms with E-state index in [1.807, 2.05) is 30.3 Å². The van der Waals surface area contributed by atoms with Gasteiger partial charge in [-0.05, 0) is 31.7 Å². The summed E-state index contributed by atoms with van der Waals surface area (Å²) in [4.78, 5) is 11.9. The number of rotatable bonds is 8. The zero-order chi connectivity index (χ0) is 16.7. The zero-order valence-electron chi connectivity index (χ0n) is 13.2. The Kier molecular flexibility index (Phi) is 6.56. The van der Waals surface area contributed by atoms with Gasteiger partial charge in [0.1, 0.15) is 6.10 Å². The summed E-state index contributed by atoms with van der Waals surface area (Å²) in [6.07, 6.45) is 1.42. The van der Waals surface area contributed by atoms with E-state index in [0.29, 0.717) is 19.6 Å². The number of nitrogens with one attached hydrogen (secondary N) is 1. The third-order valence-corrected chi connectivity index (χ3v) is 4.94. The number of hydrogen-bond donors (Lipinski definition) is 1. The van der Waals surface area contributed by atoms with Gasteiger partial charge in [0.05, 0.1) is 18.5 Å². The van der Waals surface area contributed by atoms with E-state index in [1.165, 1.54) is 6.92 Å². The Balaban J connectivity index is 1.75. The summed E-state index contributed by atoms with van der Waals surface area (Å²) >= 11 is 0. The number of ether oxygens (including phenoxy) is 2. The molecule has 128 valence electrons. The highest BCUT2D eigenvalue weighted by Crippen LogP contribution is 2.12. The third-order valence-electron chi connectivity index (χ3n) is 3.68. The molecule has 1 saturated heterocycles. The van der Waals surface area contributed by atoms with Crippen molar-refractivity contribution >= 4 is 15.9 Å². The standard InChI is InChI=1S/C16H23NO5S/c1-13(22-12-15-8-5-10-21-15)16(18)17-23(19,20)11-9-14-6-3-2-4-7-14/h2-4,6-7,13,15H,5,8-12H2,1H3,(H,17,18)/t13-,15-/m1/s1. The number of benzene rings is 1. The van der Waals surface area contributed by atoms with Crippen LogP contribution in [-0.2, 0) is 30.7 Å². The predicted octanol–water partition coefficient (Wildman–Crippen LogP) is 1.26. The zero-order valence-corrected chi connectivity index (χ0v) is 14.1. The minimum atomic E-state index is -3.67. The maximum atomic E-state index is 12.0. The number of sulfonamides is 1. The summed E-state index contributed by atoms with van der Waals surface area (Å²) in [7, 11) is -3.67. The van der Waals surface area contributed by atoms with Crippen LogP contribution in [0.15, 0.2) is 30.3 Å². The molecular weight excluding hydrogens is 318 g/mol. The number of carbonyl (C=O) groups is 1. The number of carbonyl (C=O) groups excluding carboxylic acids is 1. The lowest BCUT2D eigenvalue weighted by molar-refractivity contribution is -0.131. The smallest absolute Gasteiger partial charge is 0.262 e. The van der Waals surface area contributed by atoms with E-state index in [-0.39, 0.29) is 11.9 Å². The number of amides is 1. The maximum absolute atomic E-state index is 12.0. The first-order chi connectivity index (χ1) is 11.0. The van der Waals surface area contributed by atoms with Gasteiger partial charge in [0.2, 0.25) is 10.0 Å². The second-order valence-corrected chi connectivity index (χ2v) is 7.47. The van der Waals surface area contributed by atoms with Crippen LogP contribution in [0, 0.1) is 0 Å². The van der Waals surface area contributed by atoms with E-state index in [9.17, 15) is 13.2 Å². The van der Waals surface area contributed by atoms with Gasteiger partial charge in [-0.1, -0.05) is 30.3 Å². The highest BCUT2D eigenvalue weighted by Gasteiger charge is 2.23. The maximum Gasteiger partial charge on any atom is 0.262 e. The molecular formula is C16H23NO5S. The first-order valence-corrected chi connectivity index (χ1v) is 9.43. The van der Waals surface area contributed by atoms with Gasteiger partial charge >= 0.3 is 0 Å². The van der Waals surface area contributed by atoms with Crippen LogP contribution in [-0.4, -0.2) is 45.5 Å². The van der Waals surface area contributed by atoms with Crippen molar-refractivity contribution in [1.82, 2.24) is 4.72 Å². The van der Waals surface area contributed by atoms with Gasteiger partial charge in [-0.2, -0.15) is 0 Å². The van der Waals surface area contributed by atoms with E-state index in [2.05, 4.69) is 4.72 Å². The fraction of sp³-hybridized carbons (Fsp3) is 0.562. The largest absolute Gasteiger partial charge is 0.376 e. The molecule has 0 aliphatic carbocycles. The molecule has 7 heteroatoms. The third kappa shape index (κ3) is 6.29. The van der Waals surface area contributed by atoms with Crippen LogP contribution in [0.2, 0.25) is 0 Å². The lowest BCUT2D eigenvalue weighted by Gasteiger charge is -2.16. The Hall–Kier alpha value is -1.44. The summed E-state index contributed by atoms with van der Waals surface area (Å²) in [5.41, 5.74) is 0.910. The lowest BCUT2D eigenvalue weighted by atomic mass is 10.2. The van der Waals surface area contributed by atoms with Crippen LogP contribution >= 0.6 is 0 Å². The van der Waals surface area contributed by atoms with Crippen molar-refractivity contribution in [2.45, 2.75) is 38.4 Å². The van der Waals surface area contributed by atoms with Gasteiger partial charge < -0.3 is 9.47 Å². The molecule has 0 saturated carbocycles. The van der Waals surface area contributed by atoms with Gasteiger partial charge in [-0.25, -0.2) is 8.42 Å². The van der Waals surface area contributed by atoms with Crippen LogP contribution in [0.25, 0.3) is 0 Å². The fourth-order valence-electron chi connectivity index (χ4n) is 2.29. The van der Waals surface area contributed by atoms with Crippen molar-refractivity contribution in [1.29, 1.82) is 0 Å². The Morgan fingerprint density at radius 1 is 1.39 bits per heavy atom. The molecule has 23 heavy (non-hydrogen) atoms. The van der Waals surface area contributed by atoms with Crippen LogP contribution < -0.4 is 4.72 Å². The molecule has 6 nitrogen and oxygen atoms in total. The van der Waals surface area contributed by atoms with Gasteiger partial charge in [-0.15, -0.1) is 0 Å². The summed E-state index contributed by atoms with van der Waals surface area (Å²) in [5.74, 6) is -0.780. The molecule has 1 heterocycles. The predicted molar refractivity (Wildman–Crippen MR) is 86.5 cm³/mol. The molecule has 1 N–H and O–H groups in total. The van der Waals surface area contributed by atoms with E-state index >= 15 is 0 Å². The van der Waals surface area contributed by atoms with Crippen molar-refractivity contribution in [2.24, 2.45) is 0 Å². The molecule has 0 radical (unpaired) electrons. The lowest BCUT2D eigenvalue weighted by Crippen LogP contribution is -2.40. The molecule has 0 aromatic heterocycles. The second kappa shape index (κ2) is 8.42. The van der Waals surface area contributed by atoms with Crippen molar-refractivity contribution in [3.05, 3.63) is 35.9 Å². The van der Waals surface area contributed by atoms with Crippen molar-refractivity contribution in [2.75, 3.05) is 19.0 Å². The summed E-state index contributed by atoms with van der Waals surface area (Å²) in [5, 5.41) is 0. The van der Waals surface area contributed by atoms with Gasteiger partial charge in [-0.3, -0.25) is 9.52 Å². The normalized spacial score (nSPS) is 19.4. The summed E-state index contributed by atoms with van der Waals surface area (Å²) in [6, 6.07) is 9.27. The molecule has 1 fully saturated rings. The number of hydrogen-bond acceptors (Lipinski definition) is 5. The second-order valence-electron chi connectivity index (χ2n) is 5.63.